The summed E-state index contributed by atoms with van der Waals surface area (Å²) >= 11 is 1.41. The lowest BCUT2D eigenvalue weighted by Gasteiger charge is -2.03. The van der Waals surface area contributed by atoms with Crippen LogP contribution in [0.25, 0.3) is 5.13 Å². The molecule has 2 aromatic heterocycles. The molecule has 1 aromatic carbocycles. The summed E-state index contributed by atoms with van der Waals surface area (Å²) in [6.45, 7) is 2.01. The van der Waals surface area contributed by atoms with Crippen LogP contribution >= 0.6 is 11.3 Å². The molecule has 3 aromatic rings. The van der Waals surface area contributed by atoms with E-state index >= 15 is 0 Å². The first-order valence-electron chi connectivity index (χ1n) is 6.77. The van der Waals surface area contributed by atoms with Crippen molar-refractivity contribution >= 4 is 22.9 Å². The lowest BCUT2D eigenvalue weighted by atomic mass is 10.2. The summed E-state index contributed by atoms with van der Waals surface area (Å²) in [5, 5.41) is 3.73. The first-order valence-corrected chi connectivity index (χ1v) is 7.59. The second-order valence-corrected chi connectivity index (χ2v) is 5.51. The van der Waals surface area contributed by atoms with E-state index in [2.05, 4.69) is 10.3 Å². The Bertz CT molecular complexity index is 732. The minimum absolute atomic E-state index is 0.103. The Labute approximate surface area is 127 Å². The second-order valence-electron chi connectivity index (χ2n) is 4.54. The van der Waals surface area contributed by atoms with Crippen molar-refractivity contribution in [3.63, 3.8) is 0 Å². The Balaban J connectivity index is 1.89. The smallest absolute Gasteiger partial charge is 0.267 e. The van der Waals surface area contributed by atoms with E-state index in [-0.39, 0.29) is 5.91 Å². The number of rotatable bonds is 4. The summed E-state index contributed by atoms with van der Waals surface area (Å²) in [6, 6.07) is 13.3. The van der Waals surface area contributed by atoms with Crippen molar-refractivity contribution in [3.8, 4) is 5.13 Å². The highest BCUT2D eigenvalue weighted by molar-refractivity contribution is 7.16. The fraction of sp³-hybridized carbons (Fsp3) is 0.125. The molecule has 0 saturated carbocycles. The summed E-state index contributed by atoms with van der Waals surface area (Å²) < 4.78 is 1.92. The monoisotopic (exact) mass is 297 g/mol. The number of amides is 1. The van der Waals surface area contributed by atoms with Crippen LogP contribution in [0.4, 0.5) is 5.69 Å². The van der Waals surface area contributed by atoms with E-state index in [1.807, 2.05) is 66.3 Å². The molecule has 0 aliphatic rings. The number of nitrogens with zero attached hydrogens (tertiary/aromatic N) is 2. The van der Waals surface area contributed by atoms with Crippen molar-refractivity contribution in [1.82, 2.24) is 9.55 Å². The summed E-state index contributed by atoms with van der Waals surface area (Å²) in [6.07, 6.45) is 4.59. The normalized spacial score (nSPS) is 10.5. The average Bonchev–Trinajstić information content (AvgIpc) is 3.17. The molecular weight excluding hydrogens is 282 g/mol. The molecule has 1 amide bonds. The zero-order chi connectivity index (χ0) is 14.7. The Morgan fingerprint density at radius 3 is 2.57 bits per heavy atom. The molecule has 1 N–H and O–H groups in total. The number of hydrogen-bond donors (Lipinski definition) is 1. The first-order chi connectivity index (χ1) is 10.3. The molecule has 0 radical (unpaired) electrons. The molecule has 4 nitrogen and oxygen atoms in total. The van der Waals surface area contributed by atoms with E-state index < -0.39 is 0 Å². The van der Waals surface area contributed by atoms with E-state index in [0.29, 0.717) is 4.88 Å². The van der Waals surface area contributed by atoms with Crippen LogP contribution in [0.15, 0.2) is 54.9 Å². The van der Waals surface area contributed by atoms with Gasteiger partial charge in [0.15, 0.2) is 5.13 Å². The zero-order valence-electron chi connectivity index (χ0n) is 11.6. The molecule has 3 rings (SSSR count). The minimum Gasteiger partial charge on any atom is -0.321 e. The van der Waals surface area contributed by atoms with Gasteiger partial charge in [-0.15, -0.1) is 0 Å². The molecule has 0 atom stereocenters. The Kier molecular flexibility index (Phi) is 3.83. The van der Waals surface area contributed by atoms with Crippen molar-refractivity contribution in [3.05, 3.63) is 65.4 Å². The molecule has 5 heteroatoms. The van der Waals surface area contributed by atoms with Gasteiger partial charge in [-0.2, -0.15) is 0 Å². The van der Waals surface area contributed by atoms with Gasteiger partial charge in [0.05, 0.1) is 5.69 Å². The second kappa shape index (κ2) is 5.93. The highest BCUT2D eigenvalue weighted by Gasteiger charge is 2.17. The number of nitrogens with one attached hydrogen (secondary N) is 1. The highest BCUT2D eigenvalue weighted by Crippen LogP contribution is 2.24. The summed E-state index contributed by atoms with van der Waals surface area (Å²) in [7, 11) is 0. The molecule has 0 unspecified atom stereocenters. The number of carbonyl (C=O) groups is 1. The number of aryl methyl sites for hydroxylation is 1. The predicted molar refractivity (Wildman–Crippen MR) is 85.2 cm³/mol. The van der Waals surface area contributed by atoms with Crippen molar-refractivity contribution < 1.29 is 4.79 Å². The Hall–Kier alpha value is -2.40. The highest BCUT2D eigenvalue weighted by atomic mass is 32.1. The van der Waals surface area contributed by atoms with Crippen LogP contribution < -0.4 is 5.32 Å². The van der Waals surface area contributed by atoms with Gasteiger partial charge < -0.3 is 9.88 Å². The third kappa shape index (κ3) is 2.87. The number of carbonyl (C=O) groups excluding carboxylic acids is 1. The largest absolute Gasteiger partial charge is 0.321 e. The van der Waals surface area contributed by atoms with E-state index in [1.54, 1.807) is 0 Å². The standard InChI is InChI=1S/C16H15N3OS/c1-2-13-14(15(20)17-12-8-4-3-5-9-12)21-16(18-13)19-10-6-7-11-19/h3-11H,2H2,1H3,(H,17,20). The lowest BCUT2D eigenvalue weighted by Crippen LogP contribution is -2.12. The molecule has 0 saturated heterocycles. The van der Waals surface area contributed by atoms with Gasteiger partial charge in [0.25, 0.3) is 5.91 Å². The van der Waals surface area contributed by atoms with E-state index in [9.17, 15) is 4.79 Å². The maximum atomic E-state index is 12.4. The lowest BCUT2D eigenvalue weighted by molar-refractivity contribution is 0.102. The van der Waals surface area contributed by atoms with Gasteiger partial charge >= 0.3 is 0 Å². The van der Waals surface area contributed by atoms with Crippen LogP contribution in [-0.2, 0) is 6.42 Å². The fourth-order valence-corrected chi connectivity index (χ4v) is 3.06. The molecule has 0 fully saturated rings. The SMILES string of the molecule is CCc1nc(-n2cccc2)sc1C(=O)Nc1ccccc1. The van der Waals surface area contributed by atoms with Crippen LogP contribution in [0, 0.1) is 0 Å². The Morgan fingerprint density at radius 2 is 1.90 bits per heavy atom. The van der Waals surface area contributed by atoms with Crippen LogP contribution in [0.5, 0.6) is 0 Å². The van der Waals surface area contributed by atoms with Crippen molar-refractivity contribution in [1.29, 1.82) is 0 Å². The molecule has 21 heavy (non-hydrogen) atoms. The number of anilines is 1. The average molecular weight is 297 g/mol. The number of benzene rings is 1. The third-order valence-electron chi connectivity index (χ3n) is 3.08. The van der Waals surface area contributed by atoms with Crippen LogP contribution in [-0.4, -0.2) is 15.5 Å². The molecular formula is C16H15N3OS. The van der Waals surface area contributed by atoms with Gasteiger partial charge in [-0.1, -0.05) is 36.5 Å². The minimum atomic E-state index is -0.103. The molecule has 106 valence electrons. The van der Waals surface area contributed by atoms with Gasteiger partial charge in [0, 0.05) is 18.1 Å². The van der Waals surface area contributed by atoms with E-state index in [0.717, 1.165) is 22.9 Å². The number of para-hydroxylation sites is 1. The van der Waals surface area contributed by atoms with Crippen LogP contribution in [0.3, 0.4) is 0 Å². The number of hydrogen-bond acceptors (Lipinski definition) is 3. The Morgan fingerprint density at radius 1 is 1.19 bits per heavy atom. The number of aromatic nitrogens is 2. The summed E-state index contributed by atoms with van der Waals surface area (Å²) in [5.74, 6) is -0.103. The first kappa shape index (κ1) is 13.6. The summed E-state index contributed by atoms with van der Waals surface area (Å²) in [4.78, 5) is 17.7. The van der Waals surface area contributed by atoms with Gasteiger partial charge in [-0.25, -0.2) is 4.98 Å². The van der Waals surface area contributed by atoms with E-state index in [4.69, 9.17) is 0 Å². The quantitative estimate of drug-likeness (QED) is 0.797. The summed E-state index contributed by atoms with van der Waals surface area (Å²) in [5.41, 5.74) is 1.62. The van der Waals surface area contributed by atoms with Crippen LogP contribution in [0.2, 0.25) is 0 Å². The molecule has 0 bridgehead atoms. The molecule has 0 aliphatic carbocycles. The van der Waals surface area contributed by atoms with Gasteiger partial charge in [-0.05, 0) is 30.7 Å². The predicted octanol–water partition coefficient (Wildman–Crippen LogP) is 3.75. The molecule has 0 aliphatic heterocycles. The zero-order valence-corrected chi connectivity index (χ0v) is 12.4. The van der Waals surface area contributed by atoms with Crippen molar-refractivity contribution in [2.75, 3.05) is 5.32 Å². The van der Waals surface area contributed by atoms with Gasteiger partial charge in [0.1, 0.15) is 4.88 Å². The maximum absolute atomic E-state index is 12.4. The maximum Gasteiger partial charge on any atom is 0.267 e. The molecule has 2 heterocycles. The van der Waals surface area contributed by atoms with Crippen LogP contribution in [0.1, 0.15) is 22.3 Å². The van der Waals surface area contributed by atoms with E-state index in [1.165, 1.54) is 11.3 Å². The van der Waals surface area contributed by atoms with Gasteiger partial charge in [-0.3, -0.25) is 4.79 Å². The fourth-order valence-electron chi connectivity index (χ4n) is 2.04. The number of thiazole rings is 1. The van der Waals surface area contributed by atoms with Crippen molar-refractivity contribution in [2.45, 2.75) is 13.3 Å². The van der Waals surface area contributed by atoms with Crippen molar-refractivity contribution in [2.24, 2.45) is 0 Å². The molecule has 0 spiro atoms. The topological polar surface area (TPSA) is 46.9 Å². The third-order valence-corrected chi connectivity index (χ3v) is 4.19. The van der Waals surface area contributed by atoms with Gasteiger partial charge in [0.2, 0.25) is 0 Å².